The largest absolute Gasteiger partial charge is 0.444 e. The number of ether oxygens (including phenoxy) is 1. The van der Waals surface area contributed by atoms with Crippen LogP contribution in [0.5, 0.6) is 0 Å². The van der Waals surface area contributed by atoms with Crippen LogP contribution in [-0.4, -0.2) is 41.1 Å². The SMILES string of the molecule is C[C@@H](NC(=O)OC(C)(C)C)C(=O)Nc1nc2c(s1)C(=O)NCCC2. The van der Waals surface area contributed by atoms with E-state index >= 15 is 0 Å². The zero-order chi connectivity index (χ0) is 17.9. The third kappa shape index (κ3) is 4.92. The van der Waals surface area contributed by atoms with Crippen molar-refractivity contribution in [3.8, 4) is 0 Å². The smallest absolute Gasteiger partial charge is 0.408 e. The number of carbonyl (C=O) groups is 3. The predicted molar refractivity (Wildman–Crippen MR) is 90.2 cm³/mol. The lowest BCUT2D eigenvalue weighted by Gasteiger charge is -2.21. The molecule has 0 aromatic carbocycles. The number of carbonyl (C=O) groups excluding carboxylic acids is 3. The van der Waals surface area contributed by atoms with E-state index in [-0.39, 0.29) is 5.91 Å². The Labute approximate surface area is 144 Å². The molecule has 1 aliphatic heterocycles. The van der Waals surface area contributed by atoms with Crippen LogP contribution in [0.4, 0.5) is 9.93 Å². The Kier molecular flexibility index (Phi) is 5.43. The molecule has 0 saturated heterocycles. The highest BCUT2D eigenvalue weighted by Gasteiger charge is 2.24. The minimum atomic E-state index is -0.794. The van der Waals surface area contributed by atoms with Crippen molar-refractivity contribution < 1.29 is 19.1 Å². The first-order valence-electron chi connectivity index (χ1n) is 7.74. The molecule has 2 rings (SSSR count). The second-order valence-electron chi connectivity index (χ2n) is 6.51. The van der Waals surface area contributed by atoms with Gasteiger partial charge in [0, 0.05) is 6.54 Å². The fraction of sp³-hybridized carbons (Fsp3) is 0.600. The van der Waals surface area contributed by atoms with Gasteiger partial charge in [-0.3, -0.25) is 9.59 Å². The standard InChI is InChI=1S/C15H22N4O4S/c1-8(17-14(22)23-15(2,3)4)11(20)19-13-18-9-6-5-7-16-12(21)10(9)24-13/h8H,5-7H2,1-4H3,(H,16,21)(H,17,22)(H,18,19,20)/t8-/m1/s1. The van der Waals surface area contributed by atoms with Crippen molar-refractivity contribution in [3.63, 3.8) is 0 Å². The number of amides is 3. The highest BCUT2D eigenvalue weighted by Crippen LogP contribution is 2.25. The van der Waals surface area contributed by atoms with Gasteiger partial charge in [-0.15, -0.1) is 0 Å². The quantitative estimate of drug-likeness (QED) is 0.765. The van der Waals surface area contributed by atoms with Crippen LogP contribution in [0.25, 0.3) is 0 Å². The number of hydrogen-bond donors (Lipinski definition) is 3. The summed E-state index contributed by atoms with van der Waals surface area (Å²) in [7, 11) is 0. The molecule has 132 valence electrons. The maximum absolute atomic E-state index is 12.2. The second-order valence-corrected chi connectivity index (χ2v) is 7.51. The lowest BCUT2D eigenvalue weighted by Crippen LogP contribution is -2.43. The van der Waals surface area contributed by atoms with Gasteiger partial charge in [-0.1, -0.05) is 11.3 Å². The Hall–Kier alpha value is -2.16. The van der Waals surface area contributed by atoms with E-state index < -0.39 is 23.6 Å². The van der Waals surface area contributed by atoms with E-state index in [1.165, 1.54) is 0 Å². The lowest BCUT2D eigenvalue weighted by atomic mass is 10.2. The third-order valence-electron chi connectivity index (χ3n) is 3.14. The number of aromatic nitrogens is 1. The molecular formula is C15H22N4O4S. The van der Waals surface area contributed by atoms with Crippen molar-refractivity contribution in [2.75, 3.05) is 11.9 Å². The fourth-order valence-electron chi connectivity index (χ4n) is 2.05. The molecule has 1 aliphatic rings. The maximum Gasteiger partial charge on any atom is 0.408 e. The summed E-state index contributed by atoms with van der Waals surface area (Å²) < 4.78 is 5.11. The predicted octanol–water partition coefficient (Wildman–Crippen LogP) is 1.67. The summed E-state index contributed by atoms with van der Waals surface area (Å²) in [5.74, 6) is -0.592. The van der Waals surface area contributed by atoms with Crippen molar-refractivity contribution in [2.24, 2.45) is 0 Å². The van der Waals surface area contributed by atoms with E-state index in [2.05, 4.69) is 20.9 Å². The van der Waals surface area contributed by atoms with Crippen molar-refractivity contribution in [2.45, 2.75) is 52.2 Å². The highest BCUT2D eigenvalue weighted by atomic mass is 32.1. The first-order chi connectivity index (χ1) is 11.2. The number of nitrogens with zero attached hydrogens (tertiary/aromatic N) is 1. The minimum absolute atomic E-state index is 0.166. The average molecular weight is 354 g/mol. The molecule has 3 N–H and O–H groups in total. The van der Waals surface area contributed by atoms with Crippen LogP contribution in [0.1, 0.15) is 49.5 Å². The van der Waals surface area contributed by atoms with E-state index in [1.807, 2.05) is 0 Å². The van der Waals surface area contributed by atoms with Crippen LogP contribution < -0.4 is 16.0 Å². The van der Waals surface area contributed by atoms with E-state index in [0.717, 1.165) is 17.8 Å². The molecule has 9 heteroatoms. The Morgan fingerprint density at radius 2 is 2.08 bits per heavy atom. The van der Waals surface area contributed by atoms with Crippen LogP contribution in [0.2, 0.25) is 0 Å². The zero-order valence-electron chi connectivity index (χ0n) is 14.2. The van der Waals surface area contributed by atoms with Gasteiger partial charge in [-0.2, -0.15) is 0 Å². The number of fused-ring (bicyclic) bond motifs is 1. The fourth-order valence-corrected chi connectivity index (χ4v) is 2.98. The summed E-state index contributed by atoms with van der Waals surface area (Å²) in [5.41, 5.74) is 0.0543. The molecule has 0 unspecified atom stereocenters. The van der Waals surface area contributed by atoms with Crippen LogP contribution in [0, 0.1) is 0 Å². The van der Waals surface area contributed by atoms with Gasteiger partial charge in [0.05, 0.1) is 5.69 Å². The number of alkyl carbamates (subject to hydrolysis) is 1. The normalized spacial score (nSPS) is 15.6. The van der Waals surface area contributed by atoms with Crippen molar-refractivity contribution in [1.82, 2.24) is 15.6 Å². The number of aryl methyl sites for hydroxylation is 1. The number of rotatable bonds is 3. The van der Waals surface area contributed by atoms with Crippen LogP contribution in [0.15, 0.2) is 0 Å². The summed E-state index contributed by atoms with van der Waals surface area (Å²) >= 11 is 1.13. The molecule has 0 fully saturated rings. The molecule has 3 amide bonds. The Bertz CT molecular complexity index is 650. The molecule has 8 nitrogen and oxygen atoms in total. The Morgan fingerprint density at radius 1 is 1.38 bits per heavy atom. The zero-order valence-corrected chi connectivity index (χ0v) is 15.0. The lowest BCUT2D eigenvalue weighted by molar-refractivity contribution is -0.117. The summed E-state index contributed by atoms with van der Waals surface area (Å²) in [6, 6.07) is -0.794. The molecule has 0 aliphatic carbocycles. The van der Waals surface area contributed by atoms with Crippen LogP contribution in [-0.2, 0) is 16.0 Å². The molecule has 0 saturated carbocycles. The van der Waals surface area contributed by atoms with Crippen molar-refractivity contribution >= 4 is 34.4 Å². The molecule has 1 aromatic rings. The average Bonchev–Trinajstić information content (AvgIpc) is 2.76. The summed E-state index contributed by atoms with van der Waals surface area (Å²) in [5, 5.41) is 8.22. The van der Waals surface area contributed by atoms with Gasteiger partial charge in [0.25, 0.3) is 5.91 Å². The Morgan fingerprint density at radius 3 is 2.75 bits per heavy atom. The summed E-state index contributed by atoms with van der Waals surface area (Å²) in [6.45, 7) is 7.39. The maximum atomic E-state index is 12.2. The van der Waals surface area contributed by atoms with Crippen molar-refractivity contribution in [3.05, 3.63) is 10.6 Å². The van der Waals surface area contributed by atoms with Gasteiger partial charge in [0.15, 0.2) is 5.13 Å². The molecule has 0 bridgehead atoms. The number of anilines is 1. The second kappa shape index (κ2) is 7.16. The van der Waals surface area contributed by atoms with E-state index in [9.17, 15) is 14.4 Å². The topological polar surface area (TPSA) is 109 Å². The molecule has 24 heavy (non-hydrogen) atoms. The molecule has 0 spiro atoms. The van der Waals surface area contributed by atoms with Gasteiger partial charge < -0.3 is 20.7 Å². The third-order valence-corrected chi connectivity index (χ3v) is 4.15. The van der Waals surface area contributed by atoms with E-state index in [4.69, 9.17) is 4.74 Å². The van der Waals surface area contributed by atoms with Gasteiger partial charge in [-0.05, 0) is 40.5 Å². The molecular weight excluding hydrogens is 332 g/mol. The first kappa shape index (κ1) is 18.2. The van der Waals surface area contributed by atoms with E-state index in [1.54, 1.807) is 27.7 Å². The van der Waals surface area contributed by atoms with Crippen LogP contribution in [0.3, 0.4) is 0 Å². The summed E-state index contributed by atoms with van der Waals surface area (Å²) in [4.78, 5) is 40.6. The van der Waals surface area contributed by atoms with Gasteiger partial charge >= 0.3 is 6.09 Å². The number of thiazole rings is 1. The Balaban J connectivity index is 1.96. The number of hydrogen-bond acceptors (Lipinski definition) is 6. The molecule has 1 atom stereocenters. The van der Waals surface area contributed by atoms with Gasteiger partial charge in [0.1, 0.15) is 16.5 Å². The van der Waals surface area contributed by atoms with Gasteiger partial charge in [-0.25, -0.2) is 9.78 Å². The number of nitrogens with one attached hydrogen (secondary N) is 3. The molecule has 1 aromatic heterocycles. The van der Waals surface area contributed by atoms with Crippen LogP contribution >= 0.6 is 11.3 Å². The minimum Gasteiger partial charge on any atom is -0.444 e. The van der Waals surface area contributed by atoms with Crippen molar-refractivity contribution in [1.29, 1.82) is 0 Å². The highest BCUT2D eigenvalue weighted by molar-refractivity contribution is 7.17. The summed E-state index contributed by atoms with van der Waals surface area (Å²) in [6.07, 6.45) is 0.831. The van der Waals surface area contributed by atoms with Gasteiger partial charge in [0.2, 0.25) is 5.91 Å². The molecule has 2 heterocycles. The monoisotopic (exact) mass is 354 g/mol. The molecule has 0 radical (unpaired) electrons. The van der Waals surface area contributed by atoms with E-state index in [0.29, 0.717) is 28.7 Å². The first-order valence-corrected chi connectivity index (χ1v) is 8.55.